The van der Waals surface area contributed by atoms with E-state index < -0.39 is 0 Å². The fourth-order valence-electron chi connectivity index (χ4n) is 3.55. The second-order valence-electron chi connectivity index (χ2n) is 6.19. The van der Waals surface area contributed by atoms with Gasteiger partial charge in [-0.3, -0.25) is 9.20 Å². The topological polar surface area (TPSA) is 49.7 Å². The summed E-state index contributed by atoms with van der Waals surface area (Å²) in [6.07, 6.45) is 3.77. The van der Waals surface area contributed by atoms with Crippen LogP contribution >= 0.6 is 11.3 Å². The molecule has 0 aliphatic carbocycles. The average molecular weight is 324 g/mol. The van der Waals surface area contributed by atoms with E-state index in [2.05, 4.69) is 6.07 Å². The van der Waals surface area contributed by atoms with E-state index in [9.17, 15) is 10.1 Å². The van der Waals surface area contributed by atoms with Gasteiger partial charge in [-0.25, -0.2) is 0 Å². The summed E-state index contributed by atoms with van der Waals surface area (Å²) in [5, 5.41) is 9.69. The van der Waals surface area contributed by atoms with E-state index in [1.807, 2.05) is 24.3 Å². The molecule has 5 heteroatoms. The Morgan fingerprint density at radius 1 is 1.22 bits per heavy atom. The highest BCUT2D eigenvalue weighted by molar-refractivity contribution is 7.24. The first kappa shape index (κ1) is 14.4. The monoisotopic (exact) mass is 324 g/mol. The van der Waals surface area contributed by atoms with Crippen molar-refractivity contribution in [3.8, 4) is 6.07 Å². The van der Waals surface area contributed by atoms with E-state index in [4.69, 9.17) is 0 Å². The van der Waals surface area contributed by atoms with Gasteiger partial charge in [-0.1, -0.05) is 12.1 Å². The van der Waals surface area contributed by atoms with Crippen molar-refractivity contribution < 1.29 is 4.90 Å². The molecular formula is C18H18N3OS+. The minimum Gasteiger partial charge on any atom is -0.331 e. The van der Waals surface area contributed by atoms with Crippen molar-refractivity contribution >= 4 is 26.4 Å². The Labute approximate surface area is 138 Å². The number of pyridine rings is 1. The number of nitriles is 1. The molecular weight excluding hydrogens is 306 g/mol. The van der Waals surface area contributed by atoms with E-state index in [-0.39, 0.29) is 5.56 Å². The van der Waals surface area contributed by atoms with Crippen LogP contribution in [0.1, 0.15) is 30.4 Å². The Hall–Kier alpha value is -2.16. The number of nitrogens with one attached hydrogen (secondary N) is 1. The molecule has 4 nitrogen and oxygen atoms in total. The van der Waals surface area contributed by atoms with E-state index in [1.165, 1.54) is 35.5 Å². The summed E-state index contributed by atoms with van der Waals surface area (Å²) in [4.78, 5) is 14.9. The molecule has 1 fully saturated rings. The molecule has 1 aliphatic rings. The second-order valence-corrected chi connectivity index (χ2v) is 7.22. The number of aromatic nitrogens is 1. The van der Waals surface area contributed by atoms with Crippen molar-refractivity contribution in [2.24, 2.45) is 0 Å². The van der Waals surface area contributed by atoms with Gasteiger partial charge in [0.25, 0.3) is 5.56 Å². The van der Waals surface area contributed by atoms with Crippen molar-refractivity contribution in [2.45, 2.75) is 25.8 Å². The van der Waals surface area contributed by atoms with Crippen LogP contribution < -0.4 is 10.5 Å². The molecule has 116 valence electrons. The third-order valence-corrected chi connectivity index (χ3v) is 5.83. The molecule has 3 heterocycles. The molecule has 0 atom stereocenters. The summed E-state index contributed by atoms with van der Waals surface area (Å²) < 4.78 is 2.73. The van der Waals surface area contributed by atoms with Crippen molar-refractivity contribution in [3.63, 3.8) is 0 Å². The SMILES string of the molecule is N#Cc1c(C[NH+]2CCCCC2)cc(=O)n2c1sc1ccccc12. The van der Waals surface area contributed by atoms with Gasteiger partial charge in [0.2, 0.25) is 0 Å². The van der Waals surface area contributed by atoms with Gasteiger partial charge in [0, 0.05) is 11.6 Å². The van der Waals surface area contributed by atoms with Crippen LogP contribution in [-0.2, 0) is 6.54 Å². The summed E-state index contributed by atoms with van der Waals surface area (Å²) in [5.41, 5.74) is 2.44. The first-order valence-corrected chi connectivity index (χ1v) is 8.89. The van der Waals surface area contributed by atoms with Crippen molar-refractivity contribution in [2.75, 3.05) is 13.1 Å². The normalized spacial score (nSPS) is 16.0. The van der Waals surface area contributed by atoms with Gasteiger partial charge in [-0.05, 0) is 31.4 Å². The molecule has 1 aromatic carbocycles. The van der Waals surface area contributed by atoms with Crippen LogP contribution in [0.4, 0.5) is 0 Å². The van der Waals surface area contributed by atoms with Crippen LogP contribution in [0.25, 0.3) is 15.0 Å². The van der Waals surface area contributed by atoms with Crippen molar-refractivity contribution in [1.82, 2.24) is 4.40 Å². The number of piperidine rings is 1. The molecule has 0 unspecified atom stereocenters. The highest BCUT2D eigenvalue weighted by atomic mass is 32.1. The highest BCUT2D eigenvalue weighted by Gasteiger charge is 2.20. The zero-order chi connectivity index (χ0) is 15.8. The number of hydrogen-bond donors (Lipinski definition) is 1. The lowest BCUT2D eigenvalue weighted by Gasteiger charge is -2.23. The van der Waals surface area contributed by atoms with Crippen LogP contribution in [0.2, 0.25) is 0 Å². The van der Waals surface area contributed by atoms with Crippen LogP contribution in [0.3, 0.4) is 0 Å². The predicted octanol–water partition coefficient (Wildman–Crippen LogP) is 1.95. The maximum Gasteiger partial charge on any atom is 0.256 e. The Morgan fingerprint density at radius 2 is 2.00 bits per heavy atom. The number of nitrogens with zero attached hydrogens (tertiary/aromatic N) is 2. The Balaban J connectivity index is 1.90. The molecule has 0 saturated carbocycles. The molecule has 23 heavy (non-hydrogen) atoms. The molecule has 2 aromatic heterocycles. The summed E-state index contributed by atoms with van der Waals surface area (Å²) in [7, 11) is 0. The largest absolute Gasteiger partial charge is 0.331 e. The maximum atomic E-state index is 12.6. The van der Waals surface area contributed by atoms with E-state index in [0.29, 0.717) is 5.56 Å². The fourth-order valence-corrected chi connectivity index (χ4v) is 4.73. The third kappa shape index (κ3) is 2.44. The van der Waals surface area contributed by atoms with Gasteiger partial charge in [0.15, 0.2) is 0 Å². The minimum absolute atomic E-state index is 0.0251. The first-order chi connectivity index (χ1) is 11.3. The molecule has 1 N–H and O–H groups in total. The molecule has 1 saturated heterocycles. The lowest BCUT2D eigenvalue weighted by atomic mass is 10.1. The van der Waals surface area contributed by atoms with Gasteiger partial charge in [-0.15, -0.1) is 11.3 Å². The number of fused-ring (bicyclic) bond motifs is 3. The van der Waals surface area contributed by atoms with Crippen LogP contribution in [-0.4, -0.2) is 17.5 Å². The molecule has 0 spiro atoms. The van der Waals surface area contributed by atoms with Crippen LogP contribution in [0.5, 0.6) is 0 Å². The molecule has 4 rings (SSSR count). The van der Waals surface area contributed by atoms with Gasteiger partial charge >= 0.3 is 0 Å². The number of rotatable bonds is 2. The number of thiazole rings is 1. The predicted molar refractivity (Wildman–Crippen MR) is 92.0 cm³/mol. The lowest BCUT2D eigenvalue weighted by molar-refractivity contribution is -0.918. The quantitative estimate of drug-likeness (QED) is 0.783. The standard InChI is InChI=1S/C18H17N3OS/c19-11-14-13(12-20-8-4-1-5-9-20)10-17(22)21-15-6-2-3-7-16(15)23-18(14)21/h2-3,6-7,10H,1,4-5,8-9,12H2/p+1. The zero-order valence-electron chi connectivity index (χ0n) is 12.8. The molecule has 0 radical (unpaired) electrons. The molecule has 1 aliphatic heterocycles. The van der Waals surface area contributed by atoms with Gasteiger partial charge in [-0.2, -0.15) is 5.26 Å². The molecule has 3 aromatic rings. The number of benzene rings is 1. The zero-order valence-corrected chi connectivity index (χ0v) is 13.7. The van der Waals surface area contributed by atoms with E-state index in [1.54, 1.807) is 10.5 Å². The average Bonchev–Trinajstić information content (AvgIpc) is 2.96. The van der Waals surface area contributed by atoms with Crippen molar-refractivity contribution in [3.05, 3.63) is 51.8 Å². The van der Waals surface area contributed by atoms with Crippen LogP contribution in [0.15, 0.2) is 35.1 Å². The number of para-hydroxylation sites is 1. The van der Waals surface area contributed by atoms with Gasteiger partial charge in [0.1, 0.15) is 17.4 Å². The smallest absolute Gasteiger partial charge is 0.256 e. The number of quaternary nitrogens is 1. The summed E-state index contributed by atoms with van der Waals surface area (Å²) >= 11 is 1.53. The Kier molecular flexibility index (Phi) is 3.64. The maximum absolute atomic E-state index is 12.6. The van der Waals surface area contributed by atoms with E-state index >= 15 is 0 Å². The second kappa shape index (κ2) is 5.80. The minimum atomic E-state index is -0.0251. The lowest BCUT2D eigenvalue weighted by Crippen LogP contribution is -3.11. The Morgan fingerprint density at radius 3 is 2.78 bits per heavy atom. The van der Waals surface area contributed by atoms with Gasteiger partial charge < -0.3 is 4.90 Å². The van der Waals surface area contributed by atoms with Gasteiger partial charge in [0.05, 0.1) is 28.9 Å². The third-order valence-electron chi connectivity index (χ3n) is 4.68. The summed E-state index contributed by atoms with van der Waals surface area (Å²) in [6.45, 7) is 3.05. The summed E-state index contributed by atoms with van der Waals surface area (Å²) in [6, 6.07) is 11.9. The Bertz CT molecular complexity index is 973. The summed E-state index contributed by atoms with van der Waals surface area (Å²) in [5.74, 6) is 0. The highest BCUT2D eigenvalue weighted by Crippen LogP contribution is 2.28. The first-order valence-electron chi connectivity index (χ1n) is 8.08. The fraction of sp³-hybridized carbons (Fsp3) is 0.333. The van der Waals surface area contributed by atoms with E-state index in [0.717, 1.165) is 40.2 Å². The number of likely N-dealkylation sites (tertiary alicyclic amines) is 1. The molecule has 0 bridgehead atoms. The van der Waals surface area contributed by atoms with Crippen LogP contribution in [0, 0.1) is 11.3 Å². The molecule has 0 amide bonds. The number of hydrogen-bond acceptors (Lipinski definition) is 3. The van der Waals surface area contributed by atoms with Crippen molar-refractivity contribution in [1.29, 1.82) is 5.26 Å².